The number of carbonyl (C=O) groups excluding carboxylic acids is 2. The van der Waals surface area contributed by atoms with Crippen molar-refractivity contribution in [1.82, 2.24) is 0 Å². The maximum Gasteiger partial charge on any atom is 0.338 e. The van der Waals surface area contributed by atoms with Crippen LogP contribution in [0, 0.1) is 5.92 Å². The van der Waals surface area contributed by atoms with E-state index in [2.05, 4.69) is 12.7 Å². The number of hydrogen-bond donors (Lipinski definition) is 0. The maximum atomic E-state index is 12.8. The predicted octanol–water partition coefficient (Wildman–Crippen LogP) is 3.62. The summed E-state index contributed by atoms with van der Waals surface area (Å²) in [5.41, 5.74) is 1.48. The SMILES string of the molecule is C=C1C(=O)O[C@H]2[C@H]1CC/C(COC(=O)c1cc(OC)c(OC)c(OC)c1)=C\CC[C@@]1(C)O[C@@H]21. The molecule has 0 amide bonds. The van der Waals surface area contributed by atoms with Crippen LogP contribution in [-0.2, 0) is 19.0 Å². The number of fused-ring (bicyclic) bond motifs is 3. The van der Waals surface area contributed by atoms with Gasteiger partial charge in [-0.2, -0.15) is 0 Å². The number of ether oxygens (including phenoxy) is 6. The number of allylic oxidation sites excluding steroid dienone is 1. The van der Waals surface area contributed by atoms with Crippen molar-refractivity contribution in [1.29, 1.82) is 0 Å². The van der Waals surface area contributed by atoms with Crippen LogP contribution in [0.2, 0.25) is 0 Å². The first-order valence-electron chi connectivity index (χ1n) is 11.0. The normalized spacial score (nSPS) is 30.2. The molecule has 0 spiro atoms. The lowest BCUT2D eigenvalue weighted by Crippen LogP contribution is -2.29. The molecule has 178 valence electrons. The van der Waals surface area contributed by atoms with Crippen molar-refractivity contribution in [3.8, 4) is 17.2 Å². The van der Waals surface area contributed by atoms with Gasteiger partial charge in [0.05, 0.1) is 32.5 Å². The summed E-state index contributed by atoms with van der Waals surface area (Å²) >= 11 is 0. The topological polar surface area (TPSA) is 92.8 Å². The zero-order valence-corrected chi connectivity index (χ0v) is 19.5. The van der Waals surface area contributed by atoms with E-state index in [0.717, 1.165) is 18.4 Å². The zero-order valence-electron chi connectivity index (χ0n) is 19.5. The van der Waals surface area contributed by atoms with Crippen molar-refractivity contribution in [2.45, 2.75) is 50.4 Å². The molecule has 33 heavy (non-hydrogen) atoms. The number of methoxy groups -OCH3 is 3. The molecule has 2 aliphatic heterocycles. The van der Waals surface area contributed by atoms with E-state index in [4.69, 9.17) is 28.4 Å². The van der Waals surface area contributed by atoms with Crippen LogP contribution in [0.4, 0.5) is 0 Å². The summed E-state index contributed by atoms with van der Waals surface area (Å²) in [4.78, 5) is 24.9. The summed E-state index contributed by atoms with van der Waals surface area (Å²) in [6.45, 7) is 6.13. The molecule has 8 nitrogen and oxygen atoms in total. The molecule has 2 fully saturated rings. The minimum absolute atomic E-state index is 0.0847. The average Bonchev–Trinajstić information content (AvgIpc) is 3.41. The van der Waals surface area contributed by atoms with E-state index in [0.29, 0.717) is 41.2 Å². The van der Waals surface area contributed by atoms with Gasteiger partial charge in [-0.25, -0.2) is 9.59 Å². The van der Waals surface area contributed by atoms with Crippen LogP contribution in [0.3, 0.4) is 0 Å². The van der Waals surface area contributed by atoms with Crippen LogP contribution in [-0.4, -0.2) is 57.7 Å². The third-order valence-corrected chi connectivity index (χ3v) is 6.73. The molecular weight excluding hydrogens is 428 g/mol. The van der Waals surface area contributed by atoms with Gasteiger partial charge in [-0.3, -0.25) is 0 Å². The van der Waals surface area contributed by atoms with E-state index < -0.39 is 5.97 Å². The summed E-state index contributed by atoms with van der Waals surface area (Å²) in [5, 5.41) is 0. The quantitative estimate of drug-likeness (QED) is 0.276. The van der Waals surface area contributed by atoms with Gasteiger partial charge in [-0.15, -0.1) is 0 Å². The van der Waals surface area contributed by atoms with Gasteiger partial charge in [-0.05, 0) is 50.3 Å². The molecule has 0 unspecified atom stereocenters. The van der Waals surface area contributed by atoms with Crippen molar-refractivity contribution in [2.24, 2.45) is 5.92 Å². The molecule has 0 radical (unpaired) electrons. The lowest BCUT2D eigenvalue weighted by Gasteiger charge is -2.20. The van der Waals surface area contributed by atoms with Crippen molar-refractivity contribution < 1.29 is 38.0 Å². The first-order valence-corrected chi connectivity index (χ1v) is 11.0. The molecule has 2 saturated heterocycles. The standard InChI is InChI=1S/C25H30O8/c1-14-17-9-8-15(7-6-10-25(2)22(33-25)20(17)32-23(14)26)13-31-24(27)16-11-18(28-3)21(30-5)19(12-16)29-4/h7,11-12,17,20,22H,1,6,8-10,13H2,2-5H3/b15-7+/t17-,20-,22-,25+/m0/s1. The molecule has 8 heteroatoms. The summed E-state index contributed by atoms with van der Waals surface area (Å²) in [6, 6.07) is 3.12. The Kier molecular flexibility index (Phi) is 6.38. The molecule has 4 atom stereocenters. The number of hydrogen-bond acceptors (Lipinski definition) is 8. The Bertz CT molecular complexity index is 971. The summed E-state index contributed by atoms with van der Waals surface area (Å²) in [5.74, 6) is 0.224. The lowest BCUT2D eigenvalue weighted by atomic mass is 9.84. The highest BCUT2D eigenvalue weighted by atomic mass is 16.6. The fourth-order valence-electron chi connectivity index (χ4n) is 4.69. The van der Waals surface area contributed by atoms with Crippen molar-refractivity contribution in [3.05, 3.63) is 41.5 Å². The molecular formula is C25H30O8. The van der Waals surface area contributed by atoms with Crippen molar-refractivity contribution >= 4 is 11.9 Å². The zero-order chi connectivity index (χ0) is 23.8. The van der Waals surface area contributed by atoms with Crippen LogP contribution in [0.15, 0.2) is 35.9 Å². The summed E-state index contributed by atoms with van der Waals surface area (Å²) in [7, 11) is 4.48. The number of esters is 2. The molecule has 1 aliphatic carbocycles. The van der Waals surface area contributed by atoms with Crippen LogP contribution in [0.25, 0.3) is 0 Å². The third kappa shape index (κ3) is 4.44. The first kappa shape index (κ1) is 23.2. The molecule has 0 aromatic heterocycles. The highest BCUT2D eigenvalue weighted by Gasteiger charge is 2.61. The van der Waals surface area contributed by atoms with Crippen LogP contribution in [0.5, 0.6) is 17.2 Å². The molecule has 0 N–H and O–H groups in total. The lowest BCUT2D eigenvalue weighted by molar-refractivity contribution is -0.140. The maximum absolute atomic E-state index is 12.8. The Morgan fingerprint density at radius 3 is 2.52 bits per heavy atom. The predicted molar refractivity (Wildman–Crippen MR) is 119 cm³/mol. The van der Waals surface area contributed by atoms with Crippen LogP contribution < -0.4 is 14.2 Å². The Balaban J connectivity index is 1.46. The molecule has 0 saturated carbocycles. The third-order valence-electron chi connectivity index (χ3n) is 6.73. The number of carbonyl (C=O) groups is 2. The van der Waals surface area contributed by atoms with E-state index in [9.17, 15) is 9.59 Å². The highest BCUT2D eigenvalue weighted by molar-refractivity contribution is 5.91. The first-order chi connectivity index (χ1) is 15.8. The Hall–Kier alpha value is -3.00. The van der Waals surface area contributed by atoms with Crippen molar-refractivity contribution in [2.75, 3.05) is 27.9 Å². The van der Waals surface area contributed by atoms with Crippen LogP contribution in [0.1, 0.15) is 43.0 Å². The van der Waals surface area contributed by atoms with Gasteiger partial charge in [0, 0.05) is 11.5 Å². The highest BCUT2D eigenvalue weighted by Crippen LogP contribution is 2.49. The fraction of sp³-hybridized carbons (Fsp3) is 0.520. The molecule has 1 aromatic rings. The van der Waals surface area contributed by atoms with E-state index in [1.54, 1.807) is 12.1 Å². The van der Waals surface area contributed by atoms with Gasteiger partial charge in [0.25, 0.3) is 0 Å². The second-order valence-corrected chi connectivity index (χ2v) is 8.78. The van der Waals surface area contributed by atoms with E-state index in [1.807, 2.05) is 6.92 Å². The largest absolute Gasteiger partial charge is 0.493 e. The van der Waals surface area contributed by atoms with E-state index >= 15 is 0 Å². The summed E-state index contributed by atoms with van der Waals surface area (Å²) < 4.78 is 33.1. The van der Waals surface area contributed by atoms with Gasteiger partial charge in [0.1, 0.15) is 18.8 Å². The van der Waals surface area contributed by atoms with E-state index in [1.165, 1.54) is 21.3 Å². The van der Waals surface area contributed by atoms with Gasteiger partial charge < -0.3 is 28.4 Å². The number of rotatable bonds is 6. The molecule has 0 bridgehead atoms. The second-order valence-electron chi connectivity index (χ2n) is 8.78. The minimum Gasteiger partial charge on any atom is -0.493 e. The fourth-order valence-corrected chi connectivity index (χ4v) is 4.69. The monoisotopic (exact) mass is 458 g/mol. The average molecular weight is 459 g/mol. The Labute approximate surface area is 193 Å². The second kappa shape index (κ2) is 9.09. The number of benzene rings is 1. The Morgan fingerprint density at radius 2 is 1.88 bits per heavy atom. The van der Waals surface area contributed by atoms with Gasteiger partial charge in [0.15, 0.2) is 11.5 Å². The smallest absolute Gasteiger partial charge is 0.338 e. The van der Waals surface area contributed by atoms with Gasteiger partial charge in [-0.1, -0.05) is 12.7 Å². The number of epoxide rings is 1. The van der Waals surface area contributed by atoms with Crippen LogP contribution >= 0.6 is 0 Å². The molecule has 3 aliphatic rings. The van der Waals surface area contributed by atoms with Gasteiger partial charge >= 0.3 is 11.9 Å². The van der Waals surface area contributed by atoms with Crippen molar-refractivity contribution in [3.63, 3.8) is 0 Å². The Morgan fingerprint density at radius 1 is 1.18 bits per heavy atom. The molecule has 4 rings (SSSR count). The molecule has 2 heterocycles. The summed E-state index contributed by atoms with van der Waals surface area (Å²) in [6.07, 6.45) is 4.66. The minimum atomic E-state index is -0.494. The molecule has 1 aromatic carbocycles. The van der Waals surface area contributed by atoms with Gasteiger partial charge in [0.2, 0.25) is 5.75 Å². The van der Waals surface area contributed by atoms with E-state index in [-0.39, 0.29) is 36.3 Å².